The number of thiazole rings is 1. The smallest absolute Gasteiger partial charge is 0.239 e. The Morgan fingerprint density at radius 3 is 2.90 bits per heavy atom. The van der Waals surface area contributed by atoms with Gasteiger partial charge in [0.25, 0.3) is 0 Å². The Bertz CT molecular complexity index is 623. The van der Waals surface area contributed by atoms with E-state index in [2.05, 4.69) is 22.0 Å². The van der Waals surface area contributed by atoms with E-state index in [9.17, 15) is 4.79 Å². The number of amides is 1. The Kier molecular flexibility index (Phi) is 5.35. The van der Waals surface area contributed by atoms with Crippen molar-refractivity contribution in [1.29, 1.82) is 0 Å². The van der Waals surface area contributed by atoms with Gasteiger partial charge in [-0.3, -0.25) is 4.79 Å². The molecule has 0 saturated heterocycles. The summed E-state index contributed by atoms with van der Waals surface area (Å²) in [4.78, 5) is 20.7. The molecule has 0 aliphatic carbocycles. The minimum Gasteiger partial charge on any atom is -0.369 e. The van der Waals surface area contributed by atoms with Crippen LogP contribution in [-0.2, 0) is 17.6 Å². The molecule has 0 aliphatic rings. The van der Waals surface area contributed by atoms with Gasteiger partial charge in [0.15, 0.2) is 10.2 Å². The van der Waals surface area contributed by atoms with Crippen LogP contribution >= 0.6 is 23.1 Å². The molecule has 2 rings (SSSR count). The number of nitrogens with two attached hydrogens (primary N) is 1. The third-order valence-corrected chi connectivity index (χ3v) is 5.13. The fourth-order valence-corrected chi connectivity index (χ4v) is 4.15. The second-order valence-corrected chi connectivity index (χ2v) is 7.36. The molecule has 2 heterocycles. The third-order valence-electron chi connectivity index (χ3n) is 2.79. The topological polar surface area (TPSA) is 94.9 Å². The predicted octanol–water partition coefficient (Wildman–Crippen LogP) is 2.67. The van der Waals surface area contributed by atoms with Gasteiger partial charge in [0.1, 0.15) is 0 Å². The maximum atomic E-state index is 11.0. The number of hydrogen-bond acceptors (Lipinski definition) is 7. The molecule has 0 radical (unpaired) electrons. The number of nitrogens with zero attached hydrogens (tertiary/aromatic N) is 3. The van der Waals surface area contributed by atoms with Crippen molar-refractivity contribution in [2.24, 2.45) is 5.73 Å². The fraction of sp³-hybridized carbons (Fsp3) is 0.538. The summed E-state index contributed by atoms with van der Waals surface area (Å²) in [6, 6.07) is 0. The van der Waals surface area contributed by atoms with E-state index in [0.29, 0.717) is 5.89 Å². The highest BCUT2D eigenvalue weighted by Crippen LogP contribution is 2.37. The molecule has 0 aromatic carbocycles. The van der Waals surface area contributed by atoms with Crippen LogP contribution < -0.4 is 5.73 Å². The highest BCUT2D eigenvalue weighted by molar-refractivity contribution is 8.01. The van der Waals surface area contributed by atoms with E-state index in [-0.39, 0.29) is 17.6 Å². The maximum Gasteiger partial charge on any atom is 0.239 e. The molecule has 6 nitrogen and oxygen atoms in total. The van der Waals surface area contributed by atoms with Crippen molar-refractivity contribution in [1.82, 2.24) is 15.1 Å². The lowest BCUT2D eigenvalue weighted by atomic mass is 10.3. The van der Waals surface area contributed by atoms with E-state index in [4.69, 9.17) is 10.3 Å². The van der Waals surface area contributed by atoms with Gasteiger partial charge >= 0.3 is 0 Å². The Hall–Kier alpha value is -1.41. The Morgan fingerprint density at radius 2 is 2.24 bits per heavy atom. The molecule has 0 aliphatic heterocycles. The summed E-state index contributed by atoms with van der Waals surface area (Å²) >= 11 is 3.04. The van der Waals surface area contributed by atoms with Crippen molar-refractivity contribution >= 4 is 29.0 Å². The van der Waals surface area contributed by atoms with Crippen molar-refractivity contribution in [2.45, 2.75) is 49.6 Å². The van der Waals surface area contributed by atoms with Gasteiger partial charge in [-0.25, -0.2) is 4.98 Å². The van der Waals surface area contributed by atoms with Gasteiger partial charge in [0.2, 0.25) is 11.8 Å². The molecule has 114 valence electrons. The van der Waals surface area contributed by atoms with Crippen LogP contribution in [0, 0.1) is 6.92 Å². The molecule has 0 unspecified atom stereocenters. The van der Waals surface area contributed by atoms with E-state index in [1.807, 2.05) is 13.8 Å². The fourth-order valence-electron chi connectivity index (χ4n) is 1.73. The van der Waals surface area contributed by atoms with Crippen LogP contribution in [-0.4, -0.2) is 21.0 Å². The van der Waals surface area contributed by atoms with Gasteiger partial charge in [-0.2, -0.15) is 4.98 Å². The molecule has 0 saturated carbocycles. The van der Waals surface area contributed by atoms with Crippen LogP contribution in [0.15, 0.2) is 8.86 Å². The van der Waals surface area contributed by atoms with E-state index < -0.39 is 0 Å². The summed E-state index contributed by atoms with van der Waals surface area (Å²) in [7, 11) is 0. The van der Waals surface area contributed by atoms with Crippen LogP contribution in [0.5, 0.6) is 0 Å². The molecular formula is C13H18N4O2S2. The van der Waals surface area contributed by atoms with Gasteiger partial charge in [-0.15, -0.1) is 11.3 Å². The zero-order valence-corrected chi connectivity index (χ0v) is 13.9. The van der Waals surface area contributed by atoms with E-state index >= 15 is 0 Å². The summed E-state index contributed by atoms with van der Waals surface area (Å²) in [5, 5.41) is 3.98. The number of thioether (sulfide) groups is 1. The first-order valence-corrected chi connectivity index (χ1v) is 8.43. The predicted molar refractivity (Wildman–Crippen MR) is 82.3 cm³/mol. The van der Waals surface area contributed by atoms with Gasteiger partial charge in [0.05, 0.1) is 17.4 Å². The zero-order valence-electron chi connectivity index (χ0n) is 12.3. The standard InChI is InChI=1S/C13H18N4O2S2/c1-4-5-11-16-12(19-17-11)8(3)20-13-15-7(2)9(21-13)6-10(14)18/h8H,4-6H2,1-3H3,(H2,14,18)/t8-/m1/s1. The van der Waals surface area contributed by atoms with Crippen molar-refractivity contribution in [3.05, 3.63) is 22.3 Å². The van der Waals surface area contributed by atoms with Gasteiger partial charge in [-0.05, 0) is 20.3 Å². The molecule has 0 spiro atoms. The van der Waals surface area contributed by atoms with Gasteiger partial charge in [-0.1, -0.05) is 23.8 Å². The minimum atomic E-state index is -0.340. The Morgan fingerprint density at radius 1 is 1.48 bits per heavy atom. The van der Waals surface area contributed by atoms with E-state index in [0.717, 1.165) is 33.6 Å². The quantitative estimate of drug-likeness (QED) is 0.786. The lowest BCUT2D eigenvalue weighted by Gasteiger charge is -2.01. The van der Waals surface area contributed by atoms with Crippen molar-refractivity contribution in [3.8, 4) is 0 Å². The van der Waals surface area contributed by atoms with Crippen LogP contribution in [0.25, 0.3) is 0 Å². The molecular weight excluding hydrogens is 308 g/mol. The summed E-state index contributed by atoms with van der Waals surface area (Å²) in [5.41, 5.74) is 6.08. The molecule has 1 atom stereocenters. The van der Waals surface area contributed by atoms with Crippen molar-refractivity contribution in [3.63, 3.8) is 0 Å². The highest BCUT2D eigenvalue weighted by atomic mass is 32.2. The second-order valence-electron chi connectivity index (χ2n) is 4.69. The molecule has 2 aromatic heterocycles. The van der Waals surface area contributed by atoms with Crippen LogP contribution in [0.4, 0.5) is 0 Å². The summed E-state index contributed by atoms with van der Waals surface area (Å²) in [6.45, 7) is 5.96. The number of aryl methyl sites for hydroxylation is 2. The summed E-state index contributed by atoms with van der Waals surface area (Å²) < 4.78 is 6.15. The molecule has 21 heavy (non-hydrogen) atoms. The maximum absolute atomic E-state index is 11.0. The van der Waals surface area contributed by atoms with E-state index in [1.54, 1.807) is 11.8 Å². The lowest BCUT2D eigenvalue weighted by Crippen LogP contribution is -2.13. The molecule has 8 heteroatoms. The van der Waals surface area contributed by atoms with Crippen molar-refractivity contribution < 1.29 is 9.32 Å². The number of rotatable bonds is 7. The first-order chi connectivity index (χ1) is 9.99. The summed E-state index contributed by atoms with van der Waals surface area (Å²) in [5.74, 6) is 1.00. The minimum absolute atomic E-state index is 0.0232. The molecule has 2 N–H and O–H groups in total. The molecule has 1 amide bonds. The number of hydrogen-bond donors (Lipinski definition) is 1. The third kappa shape index (κ3) is 4.28. The van der Waals surface area contributed by atoms with Crippen molar-refractivity contribution in [2.75, 3.05) is 0 Å². The number of primary amides is 1. The highest BCUT2D eigenvalue weighted by Gasteiger charge is 2.18. The van der Waals surface area contributed by atoms with Crippen LogP contribution in [0.2, 0.25) is 0 Å². The number of carbonyl (C=O) groups excluding carboxylic acids is 1. The van der Waals surface area contributed by atoms with E-state index in [1.165, 1.54) is 11.3 Å². The first-order valence-electron chi connectivity index (χ1n) is 6.73. The zero-order chi connectivity index (χ0) is 15.4. The van der Waals surface area contributed by atoms with Gasteiger partial charge < -0.3 is 10.3 Å². The second kappa shape index (κ2) is 7.04. The molecule has 2 aromatic rings. The van der Waals surface area contributed by atoms with Gasteiger partial charge in [0, 0.05) is 11.3 Å². The average molecular weight is 326 g/mol. The average Bonchev–Trinajstić information content (AvgIpc) is 2.98. The Balaban J connectivity index is 2.04. The first kappa shape index (κ1) is 16.0. The Labute approximate surface area is 131 Å². The van der Waals surface area contributed by atoms with Crippen LogP contribution in [0.1, 0.15) is 47.8 Å². The number of carbonyl (C=O) groups is 1. The summed E-state index contributed by atoms with van der Waals surface area (Å²) in [6.07, 6.45) is 2.04. The molecule has 0 bridgehead atoms. The van der Waals surface area contributed by atoms with Crippen LogP contribution in [0.3, 0.4) is 0 Å². The normalized spacial score (nSPS) is 12.5. The lowest BCUT2D eigenvalue weighted by molar-refractivity contribution is -0.117. The molecule has 0 fully saturated rings. The SMILES string of the molecule is CCCc1noc([C@@H](C)Sc2nc(C)c(CC(N)=O)s2)n1. The number of aromatic nitrogens is 3. The largest absolute Gasteiger partial charge is 0.369 e. The monoisotopic (exact) mass is 326 g/mol.